The standard InChI is InChI=1S/C16H16N2S/c1-11-6-3-4-8-13(11)10-19-16-17-14-9-5-7-12(2)15(14)18-16/h3-9H,10H2,1-2H3,(H,17,18). The molecule has 1 N–H and O–H groups in total. The van der Waals surface area contributed by atoms with E-state index >= 15 is 0 Å². The maximum Gasteiger partial charge on any atom is 0.166 e. The SMILES string of the molecule is Cc1ccccc1CSc1nc2c(C)cccc2[nH]1. The first-order valence-electron chi connectivity index (χ1n) is 6.36. The maximum atomic E-state index is 4.66. The van der Waals surface area contributed by atoms with Gasteiger partial charge in [-0.1, -0.05) is 48.2 Å². The second kappa shape index (κ2) is 5.10. The zero-order valence-corrected chi connectivity index (χ0v) is 11.9. The van der Waals surface area contributed by atoms with Gasteiger partial charge < -0.3 is 4.98 Å². The van der Waals surface area contributed by atoms with Crippen molar-refractivity contribution in [2.75, 3.05) is 0 Å². The molecular weight excluding hydrogens is 252 g/mol. The van der Waals surface area contributed by atoms with E-state index in [0.29, 0.717) is 0 Å². The first-order chi connectivity index (χ1) is 9.24. The van der Waals surface area contributed by atoms with Gasteiger partial charge in [-0.2, -0.15) is 0 Å². The van der Waals surface area contributed by atoms with Crippen LogP contribution < -0.4 is 0 Å². The Labute approximate surface area is 117 Å². The molecule has 0 unspecified atom stereocenters. The lowest BCUT2D eigenvalue weighted by molar-refractivity contribution is 1.08. The fourth-order valence-corrected chi connectivity index (χ4v) is 3.09. The van der Waals surface area contributed by atoms with Crippen molar-refractivity contribution in [2.45, 2.75) is 24.8 Å². The third-order valence-corrected chi connectivity index (χ3v) is 4.24. The van der Waals surface area contributed by atoms with Crippen LogP contribution in [-0.4, -0.2) is 9.97 Å². The number of para-hydroxylation sites is 1. The Hall–Kier alpha value is -1.74. The lowest BCUT2D eigenvalue weighted by atomic mass is 10.1. The number of hydrogen-bond donors (Lipinski definition) is 1. The quantitative estimate of drug-likeness (QED) is 0.710. The molecule has 0 spiro atoms. The van der Waals surface area contributed by atoms with Gasteiger partial charge >= 0.3 is 0 Å². The van der Waals surface area contributed by atoms with Gasteiger partial charge in [0.15, 0.2) is 5.16 Å². The van der Waals surface area contributed by atoms with Crippen molar-refractivity contribution >= 4 is 22.8 Å². The summed E-state index contributed by atoms with van der Waals surface area (Å²) in [6.45, 7) is 4.25. The molecule has 0 aliphatic heterocycles. The Balaban J connectivity index is 1.83. The van der Waals surface area contributed by atoms with Crippen LogP contribution in [0.4, 0.5) is 0 Å². The molecule has 96 valence electrons. The number of hydrogen-bond acceptors (Lipinski definition) is 2. The first kappa shape index (κ1) is 12.3. The van der Waals surface area contributed by atoms with Crippen LogP contribution in [0.15, 0.2) is 47.6 Å². The van der Waals surface area contributed by atoms with Gasteiger partial charge in [0.1, 0.15) is 0 Å². The van der Waals surface area contributed by atoms with Gasteiger partial charge in [-0.15, -0.1) is 0 Å². The summed E-state index contributed by atoms with van der Waals surface area (Å²) in [5.74, 6) is 0.950. The Morgan fingerprint density at radius 1 is 1.00 bits per heavy atom. The molecule has 3 rings (SSSR count). The number of H-pyrrole nitrogens is 1. The fourth-order valence-electron chi connectivity index (χ4n) is 2.14. The third kappa shape index (κ3) is 2.51. The Bertz CT molecular complexity index is 716. The van der Waals surface area contributed by atoms with Crippen LogP contribution in [0.5, 0.6) is 0 Å². The highest BCUT2D eigenvalue weighted by Crippen LogP contribution is 2.25. The van der Waals surface area contributed by atoms with Gasteiger partial charge in [-0.05, 0) is 36.6 Å². The maximum absolute atomic E-state index is 4.66. The molecule has 1 aromatic heterocycles. The Morgan fingerprint density at radius 2 is 1.79 bits per heavy atom. The minimum absolute atomic E-state index is 0.950. The highest BCUT2D eigenvalue weighted by atomic mass is 32.2. The highest BCUT2D eigenvalue weighted by Gasteiger charge is 2.06. The molecule has 19 heavy (non-hydrogen) atoms. The summed E-state index contributed by atoms with van der Waals surface area (Å²) >= 11 is 1.76. The molecule has 2 nitrogen and oxygen atoms in total. The van der Waals surface area contributed by atoms with Crippen LogP contribution in [0.1, 0.15) is 16.7 Å². The summed E-state index contributed by atoms with van der Waals surface area (Å²) in [6, 6.07) is 14.7. The number of benzene rings is 2. The molecular formula is C16H16N2S. The summed E-state index contributed by atoms with van der Waals surface area (Å²) in [4.78, 5) is 8.04. The van der Waals surface area contributed by atoms with E-state index in [1.807, 2.05) is 0 Å². The number of thioether (sulfide) groups is 1. The van der Waals surface area contributed by atoms with E-state index < -0.39 is 0 Å². The third-order valence-electron chi connectivity index (χ3n) is 3.32. The fraction of sp³-hybridized carbons (Fsp3) is 0.188. The van der Waals surface area contributed by atoms with Crippen molar-refractivity contribution < 1.29 is 0 Å². The van der Waals surface area contributed by atoms with E-state index in [1.54, 1.807) is 11.8 Å². The molecule has 0 aliphatic carbocycles. The van der Waals surface area contributed by atoms with Crippen molar-refractivity contribution in [2.24, 2.45) is 0 Å². The molecule has 3 aromatic rings. The minimum atomic E-state index is 0.950. The topological polar surface area (TPSA) is 28.7 Å². The molecule has 0 atom stereocenters. The minimum Gasteiger partial charge on any atom is -0.333 e. The number of imidazole rings is 1. The van der Waals surface area contributed by atoms with E-state index in [4.69, 9.17) is 0 Å². The predicted molar refractivity (Wildman–Crippen MR) is 81.6 cm³/mol. The predicted octanol–water partition coefficient (Wildman–Crippen LogP) is 4.47. The van der Waals surface area contributed by atoms with Crippen LogP contribution in [0, 0.1) is 13.8 Å². The summed E-state index contributed by atoms with van der Waals surface area (Å²) in [7, 11) is 0. The molecule has 0 saturated carbocycles. The normalized spacial score (nSPS) is 11.1. The zero-order chi connectivity index (χ0) is 13.2. The molecule has 0 aliphatic rings. The monoisotopic (exact) mass is 268 g/mol. The number of rotatable bonds is 3. The molecule has 3 heteroatoms. The number of aromatic nitrogens is 2. The number of nitrogens with one attached hydrogen (secondary N) is 1. The van der Waals surface area contributed by atoms with Crippen LogP contribution in [0.3, 0.4) is 0 Å². The molecule has 0 saturated heterocycles. The summed E-state index contributed by atoms with van der Waals surface area (Å²) in [6.07, 6.45) is 0. The molecule has 0 amide bonds. The molecule has 2 aromatic carbocycles. The van der Waals surface area contributed by atoms with Crippen molar-refractivity contribution in [1.82, 2.24) is 9.97 Å². The summed E-state index contributed by atoms with van der Waals surface area (Å²) < 4.78 is 0. The summed E-state index contributed by atoms with van der Waals surface area (Å²) in [5.41, 5.74) is 6.12. The largest absolute Gasteiger partial charge is 0.333 e. The smallest absolute Gasteiger partial charge is 0.166 e. The lowest BCUT2D eigenvalue weighted by Crippen LogP contribution is -1.85. The Kier molecular flexibility index (Phi) is 3.30. The number of nitrogens with zero attached hydrogens (tertiary/aromatic N) is 1. The van der Waals surface area contributed by atoms with Crippen molar-refractivity contribution in [3.8, 4) is 0 Å². The second-order valence-corrected chi connectivity index (χ2v) is 5.69. The van der Waals surface area contributed by atoms with Crippen molar-refractivity contribution in [3.05, 3.63) is 59.2 Å². The van der Waals surface area contributed by atoms with E-state index in [0.717, 1.165) is 21.9 Å². The average Bonchev–Trinajstić information content (AvgIpc) is 2.82. The van der Waals surface area contributed by atoms with Gasteiger partial charge in [0.05, 0.1) is 11.0 Å². The van der Waals surface area contributed by atoms with Crippen molar-refractivity contribution in [3.63, 3.8) is 0 Å². The van der Waals surface area contributed by atoms with Crippen LogP contribution in [0.2, 0.25) is 0 Å². The van der Waals surface area contributed by atoms with Crippen LogP contribution in [-0.2, 0) is 5.75 Å². The Morgan fingerprint density at radius 3 is 2.58 bits per heavy atom. The summed E-state index contributed by atoms with van der Waals surface area (Å²) in [5, 5.41) is 0.993. The molecule has 0 fully saturated rings. The number of aromatic amines is 1. The van der Waals surface area contributed by atoms with Crippen LogP contribution >= 0.6 is 11.8 Å². The molecule has 0 radical (unpaired) electrons. The molecule has 1 heterocycles. The highest BCUT2D eigenvalue weighted by molar-refractivity contribution is 7.98. The second-order valence-electron chi connectivity index (χ2n) is 4.73. The van der Waals surface area contributed by atoms with Crippen LogP contribution in [0.25, 0.3) is 11.0 Å². The first-order valence-corrected chi connectivity index (χ1v) is 7.35. The van der Waals surface area contributed by atoms with E-state index in [9.17, 15) is 0 Å². The van der Waals surface area contributed by atoms with Gasteiger partial charge in [0.2, 0.25) is 0 Å². The van der Waals surface area contributed by atoms with Gasteiger partial charge in [0, 0.05) is 5.75 Å². The van der Waals surface area contributed by atoms with Gasteiger partial charge in [0.25, 0.3) is 0 Å². The number of fused-ring (bicyclic) bond motifs is 1. The van der Waals surface area contributed by atoms with Gasteiger partial charge in [-0.3, -0.25) is 0 Å². The molecule has 0 bridgehead atoms. The van der Waals surface area contributed by atoms with Crippen molar-refractivity contribution in [1.29, 1.82) is 0 Å². The van der Waals surface area contributed by atoms with Gasteiger partial charge in [-0.25, -0.2) is 4.98 Å². The lowest BCUT2D eigenvalue weighted by Gasteiger charge is -2.02. The van der Waals surface area contributed by atoms with E-state index in [-0.39, 0.29) is 0 Å². The van der Waals surface area contributed by atoms with E-state index in [1.165, 1.54) is 16.7 Å². The zero-order valence-electron chi connectivity index (χ0n) is 11.1. The van der Waals surface area contributed by atoms with E-state index in [2.05, 4.69) is 66.3 Å². The number of aryl methyl sites for hydroxylation is 2. The average molecular weight is 268 g/mol.